The summed E-state index contributed by atoms with van der Waals surface area (Å²) in [4.78, 5) is 2.52. The first-order chi connectivity index (χ1) is 6.29. The molecule has 0 spiro atoms. The van der Waals surface area contributed by atoms with E-state index in [0.717, 1.165) is 12.2 Å². The van der Waals surface area contributed by atoms with Crippen LogP contribution in [0.15, 0.2) is 0 Å². The fourth-order valence-electron chi connectivity index (χ4n) is 1.65. The van der Waals surface area contributed by atoms with Gasteiger partial charge in [-0.3, -0.25) is 5.41 Å². The molecule has 0 aromatic heterocycles. The Morgan fingerprint density at radius 1 is 1.31 bits per heavy atom. The number of rotatable bonds is 4. The third-order valence-electron chi connectivity index (χ3n) is 2.32. The zero-order chi connectivity index (χ0) is 9.52. The van der Waals surface area contributed by atoms with Crippen LogP contribution in [0.5, 0.6) is 0 Å². The Morgan fingerprint density at radius 3 is 2.62 bits per heavy atom. The van der Waals surface area contributed by atoms with Crippen molar-refractivity contribution in [2.45, 2.75) is 25.7 Å². The molecule has 76 valence electrons. The second kappa shape index (κ2) is 6.27. The van der Waals surface area contributed by atoms with Crippen molar-refractivity contribution < 1.29 is 0 Å². The number of nitrogens with two attached hydrogens (primary N) is 1. The van der Waals surface area contributed by atoms with E-state index < -0.39 is 0 Å². The summed E-state index contributed by atoms with van der Waals surface area (Å²) >= 11 is 1.45. The highest BCUT2D eigenvalue weighted by Gasteiger charge is 2.08. The summed E-state index contributed by atoms with van der Waals surface area (Å²) in [6, 6.07) is 0. The molecule has 0 bridgehead atoms. The van der Waals surface area contributed by atoms with E-state index >= 15 is 0 Å². The predicted octanol–water partition coefficient (Wildman–Crippen LogP) is 1.49. The van der Waals surface area contributed by atoms with E-state index in [4.69, 9.17) is 11.1 Å². The molecular weight excluding hydrogens is 182 g/mol. The minimum atomic E-state index is 0.249. The first kappa shape index (κ1) is 10.9. The number of hydrogen-bond acceptors (Lipinski definition) is 3. The predicted molar refractivity (Wildman–Crippen MR) is 59.3 cm³/mol. The minimum absolute atomic E-state index is 0.249. The van der Waals surface area contributed by atoms with Crippen molar-refractivity contribution in [3.63, 3.8) is 0 Å². The van der Waals surface area contributed by atoms with E-state index in [1.165, 1.54) is 50.7 Å². The second-order valence-corrected chi connectivity index (χ2v) is 4.61. The summed E-state index contributed by atoms with van der Waals surface area (Å²) < 4.78 is 0. The largest absolute Gasteiger partial charge is 0.379 e. The number of nitrogens with zero attached hydrogens (tertiary/aromatic N) is 1. The van der Waals surface area contributed by atoms with Crippen LogP contribution in [-0.2, 0) is 0 Å². The van der Waals surface area contributed by atoms with Gasteiger partial charge in [-0.05, 0) is 38.9 Å². The number of thioether (sulfide) groups is 1. The fraction of sp³-hybridized carbons (Fsp3) is 0.889. The Morgan fingerprint density at radius 2 is 2.00 bits per heavy atom. The summed E-state index contributed by atoms with van der Waals surface area (Å²) in [5.41, 5.74) is 5.24. The molecule has 1 aliphatic heterocycles. The maximum atomic E-state index is 7.04. The van der Waals surface area contributed by atoms with Gasteiger partial charge in [-0.15, -0.1) is 0 Å². The SMILES string of the molecule is N=C(N)SCCCN1CCCCC1. The molecule has 0 saturated carbocycles. The van der Waals surface area contributed by atoms with Gasteiger partial charge in [-0.1, -0.05) is 18.2 Å². The number of likely N-dealkylation sites (tertiary alicyclic amines) is 1. The molecule has 3 nitrogen and oxygen atoms in total. The molecule has 0 unspecified atom stereocenters. The molecule has 4 heteroatoms. The third-order valence-corrected chi connectivity index (χ3v) is 3.13. The van der Waals surface area contributed by atoms with Crippen LogP contribution in [0.4, 0.5) is 0 Å². The molecule has 0 aromatic carbocycles. The van der Waals surface area contributed by atoms with Crippen molar-refractivity contribution in [2.24, 2.45) is 5.73 Å². The summed E-state index contributed by atoms with van der Waals surface area (Å²) in [6.07, 6.45) is 5.28. The van der Waals surface area contributed by atoms with Gasteiger partial charge in [0.25, 0.3) is 0 Å². The van der Waals surface area contributed by atoms with Crippen molar-refractivity contribution in [2.75, 3.05) is 25.4 Å². The Labute approximate surface area is 84.6 Å². The van der Waals surface area contributed by atoms with Crippen LogP contribution in [0.3, 0.4) is 0 Å². The quantitative estimate of drug-likeness (QED) is 0.411. The number of nitrogens with one attached hydrogen (secondary N) is 1. The molecule has 13 heavy (non-hydrogen) atoms. The lowest BCUT2D eigenvalue weighted by molar-refractivity contribution is 0.230. The molecule has 1 heterocycles. The van der Waals surface area contributed by atoms with Crippen LogP contribution >= 0.6 is 11.8 Å². The maximum absolute atomic E-state index is 7.04. The molecule has 3 N–H and O–H groups in total. The van der Waals surface area contributed by atoms with Gasteiger partial charge in [0.2, 0.25) is 0 Å². The van der Waals surface area contributed by atoms with Crippen LogP contribution in [0.1, 0.15) is 25.7 Å². The Bertz CT molecular complexity index is 155. The van der Waals surface area contributed by atoms with Gasteiger partial charge in [-0.2, -0.15) is 0 Å². The third kappa shape index (κ3) is 5.16. The van der Waals surface area contributed by atoms with Crippen molar-refractivity contribution in [3.05, 3.63) is 0 Å². The molecule has 0 aliphatic carbocycles. The molecule has 1 aliphatic rings. The number of piperidine rings is 1. The van der Waals surface area contributed by atoms with Crippen LogP contribution in [0.2, 0.25) is 0 Å². The molecule has 1 rings (SSSR count). The van der Waals surface area contributed by atoms with Gasteiger partial charge in [-0.25, -0.2) is 0 Å². The van der Waals surface area contributed by atoms with Crippen molar-refractivity contribution in [1.29, 1.82) is 5.41 Å². The highest BCUT2D eigenvalue weighted by molar-refractivity contribution is 8.13. The average Bonchev–Trinajstić information content (AvgIpc) is 2.14. The normalized spacial score (nSPS) is 18.8. The Hall–Kier alpha value is -0.220. The molecular formula is C9H19N3S. The van der Waals surface area contributed by atoms with E-state index in [0.29, 0.717) is 0 Å². The maximum Gasteiger partial charge on any atom is 0.151 e. The van der Waals surface area contributed by atoms with Gasteiger partial charge in [0.1, 0.15) is 0 Å². The standard InChI is InChI=1S/C9H19N3S/c10-9(11)13-8-4-7-12-5-2-1-3-6-12/h1-8H2,(H3,10,11). The van der Waals surface area contributed by atoms with Gasteiger partial charge < -0.3 is 10.6 Å². The zero-order valence-corrected chi connectivity index (χ0v) is 8.91. The fourth-order valence-corrected chi connectivity index (χ4v) is 2.15. The lowest BCUT2D eigenvalue weighted by atomic mass is 10.1. The zero-order valence-electron chi connectivity index (χ0n) is 8.09. The van der Waals surface area contributed by atoms with E-state index in [1.807, 2.05) is 0 Å². The van der Waals surface area contributed by atoms with E-state index in [2.05, 4.69) is 4.90 Å². The topological polar surface area (TPSA) is 53.1 Å². The van der Waals surface area contributed by atoms with Gasteiger partial charge in [0, 0.05) is 5.75 Å². The number of hydrogen-bond donors (Lipinski definition) is 2. The van der Waals surface area contributed by atoms with Gasteiger partial charge in [0.15, 0.2) is 5.17 Å². The molecule has 0 atom stereocenters. The minimum Gasteiger partial charge on any atom is -0.379 e. The molecule has 0 amide bonds. The van der Waals surface area contributed by atoms with Crippen LogP contribution in [0.25, 0.3) is 0 Å². The van der Waals surface area contributed by atoms with E-state index in [9.17, 15) is 0 Å². The van der Waals surface area contributed by atoms with E-state index in [-0.39, 0.29) is 5.17 Å². The van der Waals surface area contributed by atoms with Gasteiger partial charge in [0.05, 0.1) is 0 Å². The van der Waals surface area contributed by atoms with Crippen molar-refractivity contribution >= 4 is 16.9 Å². The highest BCUT2D eigenvalue weighted by atomic mass is 32.2. The molecule has 0 aromatic rings. The first-order valence-corrected chi connectivity index (χ1v) is 5.97. The Kier molecular flexibility index (Phi) is 5.23. The van der Waals surface area contributed by atoms with E-state index in [1.54, 1.807) is 0 Å². The smallest absolute Gasteiger partial charge is 0.151 e. The first-order valence-electron chi connectivity index (χ1n) is 4.98. The highest BCUT2D eigenvalue weighted by Crippen LogP contribution is 2.10. The summed E-state index contributed by atoms with van der Waals surface area (Å²) in [6.45, 7) is 3.72. The van der Waals surface area contributed by atoms with Crippen LogP contribution in [0, 0.1) is 5.41 Å². The lowest BCUT2D eigenvalue weighted by Gasteiger charge is -2.26. The lowest BCUT2D eigenvalue weighted by Crippen LogP contribution is -2.30. The average molecular weight is 201 g/mol. The molecule has 0 radical (unpaired) electrons. The van der Waals surface area contributed by atoms with Crippen LogP contribution < -0.4 is 5.73 Å². The summed E-state index contributed by atoms with van der Waals surface area (Å²) in [7, 11) is 0. The van der Waals surface area contributed by atoms with Crippen molar-refractivity contribution in [3.8, 4) is 0 Å². The summed E-state index contributed by atoms with van der Waals surface area (Å²) in [5.74, 6) is 0.992. The molecule has 1 fully saturated rings. The molecule has 1 saturated heterocycles. The number of amidine groups is 1. The van der Waals surface area contributed by atoms with Crippen molar-refractivity contribution in [1.82, 2.24) is 4.90 Å². The Balaban J connectivity index is 1.95. The van der Waals surface area contributed by atoms with Crippen LogP contribution in [-0.4, -0.2) is 35.5 Å². The second-order valence-electron chi connectivity index (χ2n) is 3.47. The summed E-state index contributed by atoms with van der Waals surface area (Å²) in [5, 5.41) is 7.29. The monoisotopic (exact) mass is 201 g/mol. The van der Waals surface area contributed by atoms with Gasteiger partial charge >= 0.3 is 0 Å².